The van der Waals surface area contributed by atoms with Crippen LogP contribution in [0.4, 0.5) is 0 Å². The summed E-state index contributed by atoms with van der Waals surface area (Å²) in [4.78, 5) is 12.4. The van der Waals surface area contributed by atoms with E-state index in [1.165, 1.54) is 225 Å². The first-order valence-corrected chi connectivity index (χ1v) is 26.9. The van der Waals surface area contributed by atoms with Crippen molar-refractivity contribution in [2.24, 2.45) is 0 Å². The predicted molar refractivity (Wildman–Crippen MR) is 267 cm³/mol. The highest BCUT2D eigenvalue weighted by Gasteiger charge is 2.17. The van der Waals surface area contributed by atoms with Crippen molar-refractivity contribution in [2.75, 3.05) is 6.61 Å². The van der Waals surface area contributed by atoms with E-state index in [4.69, 9.17) is 0 Å². The number of carbonyl (C=O) groups is 1. The summed E-state index contributed by atoms with van der Waals surface area (Å²) in [5, 5.41) is 23.1. The number of rotatable bonds is 49. The van der Waals surface area contributed by atoms with E-state index in [0.29, 0.717) is 6.42 Å². The number of unbranched alkanes of at least 4 members (excludes halogenated alkanes) is 36. The smallest absolute Gasteiger partial charge is 0.220 e. The lowest BCUT2D eigenvalue weighted by molar-refractivity contribution is -0.123. The lowest BCUT2D eigenvalue weighted by atomic mass is 10.0. The Kier molecular flexibility index (Phi) is 50.3. The largest absolute Gasteiger partial charge is 0.394 e. The van der Waals surface area contributed by atoms with Gasteiger partial charge in [-0.1, -0.05) is 262 Å². The van der Waals surface area contributed by atoms with Crippen molar-refractivity contribution in [1.29, 1.82) is 0 Å². The van der Waals surface area contributed by atoms with E-state index in [-0.39, 0.29) is 12.5 Å². The maximum absolute atomic E-state index is 12.4. The van der Waals surface area contributed by atoms with Crippen molar-refractivity contribution in [3.63, 3.8) is 0 Å². The standard InChI is InChI=1S/C56H105NO3/c1-3-5-7-9-11-13-15-17-19-21-22-23-24-25-26-27-28-29-30-31-32-33-34-36-38-40-42-44-46-48-50-52-56(60)57-54(53-58)55(59)51-49-47-45-43-41-39-37-35-20-18-16-14-12-10-8-6-4-2/h15,17,21-22,41,43,49,51,54-55,58-59H,3-14,16,18-20,23-40,42,44-48,50,52-53H2,1-2H3,(H,57,60)/b17-15-,22-21-,43-41+,51-49+. The molecule has 352 valence electrons. The van der Waals surface area contributed by atoms with Gasteiger partial charge in [-0.25, -0.2) is 0 Å². The Morgan fingerprint density at radius 2 is 0.700 bits per heavy atom. The minimum atomic E-state index is -0.861. The molecule has 0 spiro atoms. The molecule has 4 heteroatoms. The molecule has 0 aliphatic carbocycles. The number of allylic oxidation sites excluding steroid dienone is 7. The first-order chi connectivity index (χ1) is 29.7. The summed E-state index contributed by atoms with van der Waals surface area (Å²) in [6, 6.07) is -0.638. The molecule has 0 rings (SSSR count). The zero-order valence-corrected chi connectivity index (χ0v) is 40.5. The van der Waals surface area contributed by atoms with E-state index >= 15 is 0 Å². The highest BCUT2D eigenvalue weighted by atomic mass is 16.3. The van der Waals surface area contributed by atoms with Gasteiger partial charge in [0.05, 0.1) is 18.8 Å². The number of amides is 1. The Bertz CT molecular complexity index is 954. The van der Waals surface area contributed by atoms with Gasteiger partial charge in [0.25, 0.3) is 0 Å². The summed E-state index contributed by atoms with van der Waals surface area (Å²) < 4.78 is 0. The fourth-order valence-corrected chi connectivity index (χ4v) is 8.17. The van der Waals surface area contributed by atoms with Crippen LogP contribution in [-0.4, -0.2) is 34.9 Å². The third kappa shape index (κ3) is 47.4. The van der Waals surface area contributed by atoms with Crippen molar-refractivity contribution < 1.29 is 15.0 Å². The summed E-state index contributed by atoms with van der Waals surface area (Å²) in [6.07, 6.45) is 71.2. The quantitative estimate of drug-likeness (QED) is 0.0422. The summed E-state index contributed by atoms with van der Waals surface area (Å²) in [6.45, 7) is 4.30. The number of hydrogen-bond acceptors (Lipinski definition) is 3. The molecule has 2 atom stereocenters. The van der Waals surface area contributed by atoms with Crippen molar-refractivity contribution in [2.45, 2.75) is 296 Å². The van der Waals surface area contributed by atoms with Crippen LogP contribution in [0, 0.1) is 0 Å². The summed E-state index contributed by atoms with van der Waals surface area (Å²) in [7, 11) is 0. The van der Waals surface area contributed by atoms with Crippen LogP contribution in [0.5, 0.6) is 0 Å². The second kappa shape index (κ2) is 51.7. The van der Waals surface area contributed by atoms with E-state index < -0.39 is 12.1 Å². The molecule has 4 nitrogen and oxygen atoms in total. The molecule has 60 heavy (non-hydrogen) atoms. The van der Waals surface area contributed by atoms with Crippen LogP contribution in [0.15, 0.2) is 48.6 Å². The average Bonchev–Trinajstić information content (AvgIpc) is 3.25. The lowest BCUT2D eigenvalue weighted by Crippen LogP contribution is -2.45. The fraction of sp³-hybridized carbons (Fsp3) is 0.839. The van der Waals surface area contributed by atoms with Gasteiger partial charge in [-0.2, -0.15) is 0 Å². The van der Waals surface area contributed by atoms with Gasteiger partial charge in [-0.05, 0) is 64.2 Å². The van der Waals surface area contributed by atoms with Gasteiger partial charge in [0.2, 0.25) is 5.91 Å². The summed E-state index contributed by atoms with van der Waals surface area (Å²) in [5.74, 6) is -0.0706. The Balaban J connectivity index is 3.49. The van der Waals surface area contributed by atoms with Gasteiger partial charge < -0.3 is 15.5 Å². The Morgan fingerprint density at radius 3 is 1.07 bits per heavy atom. The molecule has 0 aromatic heterocycles. The molecular formula is C56H105NO3. The SMILES string of the molecule is CCCCCCC/C=C\C/C=C\CCCCCCCCCCCCCCCCCCCCCC(=O)NC(CO)C(O)/C=C/CC/C=C/CCCCCCCCCCCCC. The van der Waals surface area contributed by atoms with Crippen molar-refractivity contribution in [3.05, 3.63) is 48.6 Å². The Morgan fingerprint density at radius 1 is 0.400 bits per heavy atom. The van der Waals surface area contributed by atoms with Gasteiger partial charge >= 0.3 is 0 Å². The number of carbonyl (C=O) groups excluding carboxylic acids is 1. The average molecular weight is 840 g/mol. The molecule has 0 bridgehead atoms. The fourth-order valence-electron chi connectivity index (χ4n) is 8.17. The van der Waals surface area contributed by atoms with Crippen molar-refractivity contribution in [3.8, 4) is 0 Å². The van der Waals surface area contributed by atoms with Crippen LogP contribution in [-0.2, 0) is 4.79 Å². The lowest BCUT2D eigenvalue weighted by Gasteiger charge is -2.19. The van der Waals surface area contributed by atoms with Crippen LogP contribution < -0.4 is 5.32 Å². The highest BCUT2D eigenvalue weighted by molar-refractivity contribution is 5.76. The molecule has 0 saturated carbocycles. The van der Waals surface area contributed by atoms with Gasteiger partial charge in [-0.3, -0.25) is 4.79 Å². The molecule has 0 aliphatic rings. The Hall–Kier alpha value is -1.65. The molecule has 0 aliphatic heterocycles. The van der Waals surface area contributed by atoms with Gasteiger partial charge in [-0.15, -0.1) is 0 Å². The maximum Gasteiger partial charge on any atom is 0.220 e. The molecule has 0 aromatic rings. The second-order valence-corrected chi connectivity index (χ2v) is 18.3. The third-order valence-corrected chi connectivity index (χ3v) is 12.3. The molecule has 3 N–H and O–H groups in total. The molecule has 2 unspecified atom stereocenters. The molecule has 0 fully saturated rings. The zero-order valence-electron chi connectivity index (χ0n) is 40.5. The zero-order chi connectivity index (χ0) is 43.5. The molecule has 0 radical (unpaired) electrons. The summed E-state index contributed by atoms with van der Waals surface area (Å²) in [5.41, 5.74) is 0. The monoisotopic (exact) mass is 840 g/mol. The third-order valence-electron chi connectivity index (χ3n) is 12.3. The van der Waals surface area contributed by atoms with Crippen LogP contribution >= 0.6 is 0 Å². The van der Waals surface area contributed by atoms with Crippen molar-refractivity contribution >= 4 is 5.91 Å². The van der Waals surface area contributed by atoms with E-state index in [0.717, 1.165) is 38.5 Å². The highest BCUT2D eigenvalue weighted by Crippen LogP contribution is 2.16. The van der Waals surface area contributed by atoms with E-state index in [2.05, 4.69) is 55.6 Å². The molecule has 0 aromatic carbocycles. The topological polar surface area (TPSA) is 69.6 Å². The van der Waals surface area contributed by atoms with E-state index in [1.54, 1.807) is 6.08 Å². The van der Waals surface area contributed by atoms with Crippen molar-refractivity contribution in [1.82, 2.24) is 5.32 Å². The predicted octanol–water partition coefficient (Wildman–Crippen LogP) is 17.5. The molecule has 0 saturated heterocycles. The number of hydrogen-bond donors (Lipinski definition) is 3. The number of aliphatic hydroxyl groups excluding tert-OH is 2. The van der Waals surface area contributed by atoms with Gasteiger partial charge in [0.15, 0.2) is 0 Å². The molecule has 1 amide bonds. The van der Waals surface area contributed by atoms with Gasteiger partial charge in [0.1, 0.15) is 0 Å². The number of nitrogens with one attached hydrogen (secondary N) is 1. The van der Waals surface area contributed by atoms with E-state index in [9.17, 15) is 15.0 Å². The minimum Gasteiger partial charge on any atom is -0.394 e. The summed E-state index contributed by atoms with van der Waals surface area (Å²) >= 11 is 0. The second-order valence-electron chi connectivity index (χ2n) is 18.3. The van der Waals surface area contributed by atoms with Crippen LogP contribution in [0.25, 0.3) is 0 Å². The minimum absolute atomic E-state index is 0.0706. The number of aliphatic hydroxyl groups is 2. The normalized spacial score (nSPS) is 13.2. The molecular weight excluding hydrogens is 735 g/mol. The first-order valence-electron chi connectivity index (χ1n) is 26.9. The van der Waals surface area contributed by atoms with Gasteiger partial charge in [0, 0.05) is 6.42 Å². The Labute approximate surface area is 375 Å². The first kappa shape index (κ1) is 58.4. The van der Waals surface area contributed by atoms with Crippen LogP contribution in [0.1, 0.15) is 284 Å². The molecule has 0 heterocycles. The van der Waals surface area contributed by atoms with Crippen LogP contribution in [0.2, 0.25) is 0 Å². The van der Waals surface area contributed by atoms with Crippen LogP contribution in [0.3, 0.4) is 0 Å². The van der Waals surface area contributed by atoms with E-state index in [1.807, 2.05) is 6.08 Å². The maximum atomic E-state index is 12.4.